The van der Waals surface area contributed by atoms with E-state index in [1.165, 1.54) is 0 Å². The van der Waals surface area contributed by atoms with Crippen LogP contribution in [0.2, 0.25) is 0 Å². The van der Waals surface area contributed by atoms with Gasteiger partial charge in [-0.15, -0.1) is 0 Å². The first kappa shape index (κ1) is 14.2. The van der Waals surface area contributed by atoms with Gasteiger partial charge in [0.2, 0.25) is 0 Å². The van der Waals surface area contributed by atoms with Crippen molar-refractivity contribution in [2.45, 2.75) is 40.7 Å². The van der Waals surface area contributed by atoms with Crippen molar-refractivity contribution in [2.75, 3.05) is 19.7 Å². The highest BCUT2D eigenvalue weighted by atomic mass is 16.5. The maximum Gasteiger partial charge on any atom is 0.327 e. The molecule has 0 heterocycles. The van der Waals surface area contributed by atoms with Gasteiger partial charge in [0.25, 0.3) is 0 Å². The molecule has 0 amide bonds. The molecule has 0 spiro atoms. The molecule has 0 aromatic carbocycles. The quantitative estimate of drug-likeness (QED) is 0.500. The summed E-state index contributed by atoms with van der Waals surface area (Å²) in [5.74, 6) is -0.151. The summed E-state index contributed by atoms with van der Waals surface area (Å²) in [6.07, 6.45) is 1.96. The van der Waals surface area contributed by atoms with E-state index in [0.29, 0.717) is 6.61 Å². The molecule has 0 aliphatic carbocycles. The standard InChI is InChI=1S/C12H23NO2/c1-6-13(7-2)11(9-10(4)5)12(14)15-8-3/h9,11H,6-8H2,1-5H3. The molecule has 0 fully saturated rings. The van der Waals surface area contributed by atoms with Gasteiger partial charge in [0, 0.05) is 0 Å². The number of carbonyl (C=O) groups excluding carboxylic acids is 1. The molecule has 0 rings (SSSR count). The van der Waals surface area contributed by atoms with Gasteiger partial charge in [0.1, 0.15) is 6.04 Å². The molecular formula is C12H23NO2. The van der Waals surface area contributed by atoms with Crippen molar-refractivity contribution >= 4 is 5.97 Å². The molecule has 0 aliphatic rings. The topological polar surface area (TPSA) is 29.5 Å². The Labute approximate surface area is 93.1 Å². The van der Waals surface area contributed by atoms with E-state index < -0.39 is 0 Å². The molecule has 88 valence electrons. The fourth-order valence-corrected chi connectivity index (χ4v) is 1.48. The van der Waals surface area contributed by atoms with E-state index in [2.05, 4.69) is 18.7 Å². The Kier molecular flexibility index (Phi) is 7.05. The van der Waals surface area contributed by atoms with Crippen molar-refractivity contribution in [3.63, 3.8) is 0 Å². The lowest BCUT2D eigenvalue weighted by molar-refractivity contribution is -0.147. The Bertz CT molecular complexity index is 216. The van der Waals surface area contributed by atoms with Crippen LogP contribution in [-0.4, -0.2) is 36.6 Å². The molecule has 0 radical (unpaired) electrons. The van der Waals surface area contributed by atoms with E-state index in [9.17, 15) is 4.79 Å². The number of hydrogen-bond donors (Lipinski definition) is 0. The molecule has 0 aliphatic heterocycles. The third-order valence-corrected chi connectivity index (χ3v) is 2.23. The molecular weight excluding hydrogens is 190 g/mol. The third-order valence-electron chi connectivity index (χ3n) is 2.23. The van der Waals surface area contributed by atoms with Crippen molar-refractivity contribution in [3.05, 3.63) is 11.6 Å². The molecule has 15 heavy (non-hydrogen) atoms. The molecule has 1 atom stereocenters. The molecule has 0 aromatic heterocycles. The Morgan fingerprint density at radius 3 is 2.13 bits per heavy atom. The van der Waals surface area contributed by atoms with Gasteiger partial charge in [-0.25, -0.2) is 0 Å². The first-order valence-corrected chi connectivity index (χ1v) is 5.62. The molecule has 0 bridgehead atoms. The van der Waals surface area contributed by atoms with E-state index in [0.717, 1.165) is 18.7 Å². The number of hydrogen-bond acceptors (Lipinski definition) is 3. The van der Waals surface area contributed by atoms with Crippen LogP contribution in [-0.2, 0) is 9.53 Å². The molecule has 3 nitrogen and oxygen atoms in total. The lowest BCUT2D eigenvalue weighted by Gasteiger charge is -2.25. The van der Waals surface area contributed by atoms with E-state index >= 15 is 0 Å². The number of likely N-dealkylation sites (N-methyl/N-ethyl adjacent to an activating group) is 1. The smallest absolute Gasteiger partial charge is 0.327 e. The third kappa shape index (κ3) is 4.98. The number of nitrogens with zero attached hydrogens (tertiary/aromatic N) is 1. The molecule has 3 heteroatoms. The Hall–Kier alpha value is -0.830. The van der Waals surface area contributed by atoms with Gasteiger partial charge in [0.15, 0.2) is 0 Å². The Morgan fingerprint density at radius 1 is 1.27 bits per heavy atom. The first-order chi connectivity index (χ1) is 7.06. The number of esters is 1. The van der Waals surface area contributed by atoms with Gasteiger partial charge in [-0.2, -0.15) is 0 Å². The summed E-state index contributed by atoms with van der Waals surface area (Å²) in [6.45, 7) is 12.1. The van der Waals surface area contributed by atoms with Crippen molar-refractivity contribution in [1.82, 2.24) is 4.90 Å². The van der Waals surface area contributed by atoms with Gasteiger partial charge in [0.05, 0.1) is 6.61 Å². The summed E-state index contributed by atoms with van der Waals surface area (Å²) in [5, 5.41) is 0. The zero-order valence-electron chi connectivity index (χ0n) is 10.5. The summed E-state index contributed by atoms with van der Waals surface area (Å²) in [6, 6.07) is -0.232. The summed E-state index contributed by atoms with van der Waals surface area (Å²) in [7, 11) is 0. The van der Waals surface area contributed by atoms with Crippen molar-refractivity contribution in [1.29, 1.82) is 0 Å². The second-order valence-electron chi connectivity index (χ2n) is 3.66. The van der Waals surface area contributed by atoms with Crippen molar-refractivity contribution < 1.29 is 9.53 Å². The average molecular weight is 213 g/mol. The van der Waals surface area contributed by atoms with Crippen LogP contribution < -0.4 is 0 Å². The maximum absolute atomic E-state index is 11.7. The van der Waals surface area contributed by atoms with Crippen molar-refractivity contribution in [3.8, 4) is 0 Å². The summed E-state index contributed by atoms with van der Waals surface area (Å²) in [4.78, 5) is 13.8. The van der Waals surface area contributed by atoms with Crippen LogP contribution in [0.3, 0.4) is 0 Å². The zero-order chi connectivity index (χ0) is 11.8. The monoisotopic (exact) mass is 213 g/mol. The predicted molar refractivity (Wildman–Crippen MR) is 62.8 cm³/mol. The van der Waals surface area contributed by atoms with E-state index in [4.69, 9.17) is 4.74 Å². The van der Waals surface area contributed by atoms with Crippen LogP contribution in [0.15, 0.2) is 11.6 Å². The molecule has 0 saturated carbocycles. The van der Waals surface area contributed by atoms with Gasteiger partial charge in [-0.1, -0.05) is 25.5 Å². The van der Waals surface area contributed by atoms with Gasteiger partial charge in [-0.3, -0.25) is 9.69 Å². The largest absolute Gasteiger partial charge is 0.465 e. The van der Waals surface area contributed by atoms with E-state index in [1.807, 2.05) is 26.8 Å². The molecule has 1 unspecified atom stereocenters. The fourth-order valence-electron chi connectivity index (χ4n) is 1.48. The fraction of sp³-hybridized carbons (Fsp3) is 0.750. The number of carbonyl (C=O) groups is 1. The lowest BCUT2D eigenvalue weighted by Crippen LogP contribution is -2.40. The highest BCUT2D eigenvalue weighted by Gasteiger charge is 2.22. The van der Waals surface area contributed by atoms with Gasteiger partial charge < -0.3 is 4.74 Å². The number of ether oxygens (including phenoxy) is 1. The Balaban J connectivity index is 4.70. The molecule has 0 aromatic rings. The second-order valence-corrected chi connectivity index (χ2v) is 3.66. The number of allylic oxidation sites excluding steroid dienone is 1. The summed E-state index contributed by atoms with van der Waals surface area (Å²) < 4.78 is 5.06. The van der Waals surface area contributed by atoms with Crippen LogP contribution in [0, 0.1) is 0 Å². The molecule has 0 saturated heterocycles. The van der Waals surface area contributed by atoms with Crippen LogP contribution >= 0.6 is 0 Å². The Morgan fingerprint density at radius 2 is 1.80 bits per heavy atom. The first-order valence-electron chi connectivity index (χ1n) is 5.62. The second kappa shape index (κ2) is 7.46. The van der Waals surface area contributed by atoms with Crippen molar-refractivity contribution in [2.24, 2.45) is 0 Å². The minimum absolute atomic E-state index is 0.151. The summed E-state index contributed by atoms with van der Waals surface area (Å²) in [5.41, 5.74) is 1.14. The average Bonchev–Trinajstić information content (AvgIpc) is 2.18. The van der Waals surface area contributed by atoms with E-state index in [-0.39, 0.29) is 12.0 Å². The van der Waals surface area contributed by atoms with E-state index in [1.54, 1.807) is 0 Å². The van der Waals surface area contributed by atoms with Crippen LogP contribution in [0.25, 0.3) is 0 Å². The van der Waals surface area contributed by atoms with Crippen LogP contribution in [0.5, 0.6) is 0 Å². The molecule has 0 N–H and O–H groups in total. The minimum atomic E-state index is -0.232. The lowest BCUT2D eigenvalue weighted by atomic mass is 10.1. The normalized spacial score (nSPS) is 12.4. The minimum Gasteiger partial charge on any atom is -0.465 e. The maximum atomic E-state index is 11.7. The number of rotatable bonds is 6. The van der Waals surface area contributed by atoms with Crippen LogP contribution in [0.4, 0.5) is 0 Å². The van der Waals surface area contributed by atoms with Gasteiger partial charge >= 0.3 is 5.97 Å². The van der Waals surface area contributed by atoms with Gasteiger partial charge in [-0.05, 0) is 33.9 Å². The zero-order valence-corrected chi connectivity index (χ0v) is 10.5. The van der Waals surface area contributed by atoms with Crippen LogP contribution in [0.1, 0.15) is 34.6 Å². The SMILES string of the molecule is CCOC(=O)C(C=C(C)C)N(CC)CC. The predicted octanol–water partition coefficient (Wildman–Crippen LogP) is 2.23. The summed E-state index contributed by atoms with van der Waals surface area (Å²) >= 11 is 0. The highest BCUT2D eigenvalue weighted by Crippen LogP contribution is 2.06. The highest BCUT2D eigenvalue weighted by molar-refractivity contribution is 5.78.